The third kappa shape index (κ3) is 4.70. The van der Waals surface area contributed by atoms with Crippen LogP contribution in [0.3, 0.4) is 0 Å². The molecular weight excluding hydrogens is 352 g/mol. The first-order valence-corrected chi connectivity index (χ1v) is 10.2. The van der Waals surface area contributed by atoms with Gasteiger partial charge in [-0.2, -0.15) is 5.10 Å². The van der Waals surface area contributed by atoms with Crippen molar-refractivity contribution in [3.8, 4) is 0 Å². The third-order valence-corrected chi connectivity index (χ3v) is 6.18. The second kappa shape index (κ2) is 7.87. The highest BCUT2D eigenvalue weighted by molar-refractivity contribution is 7.89. The summed E-state index contributed by atoms with van der Waals surface area (Å²) < 4.78 is 29.8. The van der Waals surface area contributed by atoms with Crippen molar-refractivity contribution in [3.05, 3.63) is 48.3 Å². The fraction of sp³-hybridized carbons (Fsp3) is 0.500. The van der Waals surface area contributed by atoms with E-state index in [0.29, 0.717) is 19.4 Å². The Labute approximate surface area is 154 Å². The van der Waals surface area contributed by atoms with E-state index >= 15 is 0 Å². The number of sulfonamides is 1. The van der Waals surface area contributed by atoms with Gasteiger partial charge in [-0.3, -0.25) is 4.68 Å². The minimum absolute atomic E-state index is 0.195. The molecule has 1 unspecified atom stereocenters. The van der Waals surface area contributed by atoms with Crippen LogP contribution in [0.1, 0.15) is 18.4 Å². The Morgan fingerprint density at radius 2 is 2.00 bits per heavy atom. The maximum Gasteiger partial charge on any atom is 0.240 e. The van der Waals surface area contributed by atoms with E-state index in [2.05, 4.69) is 9.82 Å². The molecule has 0 saturated heterocycles. The van der Waals surface area contributed by atoms with Crippen molar-refractivity contribution < 1.29 is 13.5 Å². The number of aliphatic hydroxyl groups is 1. The number of benzene rings is 1. The monoisotopic (exact) mass is 378 g/mol. The molecule has 1 heterocycles. The van der Waals surface area contributed by atoms with Crippen LogP contribution < -0.4 is 4.72 Å². The second-order valence-electron chi connectivity index (χ2n) is 7.24. The van der Waals surface area contributed by atoms with Gasteiger partial charge in [0.2, 0.25) is 10.0 Å². The Bertz CT molecular complexity index is 803. The Morgan fingerprint density at radius 1 is 1.27 bits per heavy atom. The van der Waals surface area contributed by atoms with E-state index in [4.69, 9.17) is 0 Å². The highest BCUT2D eigenvalue weighted by atomic mass is 32.2. The Hall–Kier alpha value is -1.74. The fourth-order valence-electron chi connectivity index (χ4n) is 3.47. The molecule has 3 rings (SSSR count). The van der Waals surface area contributed by atoms with E-state index in [9.17, 15) is 13.5 Å². The first-order valence-electron chi connectivity index (χ1n) is 8.75. The van der Waals surface area contributed by atoms with Gasteiger partial charge in [-0.05, 0) is 56.6 Å². The minimum atomic E-state index is -3.65. The topological polar surface area (TPSA) is 87.5 Å². The van der Waals surface area contributed by atoms with Crippen molar-refractivity contribution in [1.82, 2.24) is 19.4 Å². The van der Waals surface area contributed by atoms with E-state index in [1.54, 1.807) is 18.3 Å². The Balaban J connectivity index is 1.63. The van der Waals surface area contributed by atoms with Gasteiger partial charge in [-0.1, -0.05) is 12.1 Å². The molecule has 2 aromatic rings. The number of aromatic nitrogens is 2. The smallest absolute Gasteiger partial charge is 0.240 e. The van der Waals surface area contributed by atoms with Crippen molar-refractivity contribution in [1.29, 1.82) is 0 Å². The predicted octanol–water partition coefficient (Wildman–Crippen LogP) is 1.06. The molecule has 2 N–H and O–H groups in total. The fourth-order valence-corrected chi connectivity index (χ4v) is 4.76. The Kier molecular flexibility index (Phi) is 5.76. The van der Waals surface area contributed by atoms with Crippen LogP contribution in [0.4, 0.5) is 0 Å². The van der Waals surface area contributed by atoms with Crippen molar-refractivity contribution in [2.75, 3.05) is 14.1 Å². The summed E-state index contributed by atoms with van der Waals surface area (Å²) in [4.78, 5) is 2.25. The SMILES string of the molecule is CN(C)Cc1ccc(S(=O)(=O)N[C@@H]2CC(Cn3cccn3)C[C@H]2O)cc1. The quantitative estimate of drug-likeness (QED) is 0.752. The van der Waals surface area contributed by atoms with Gasteiger partial charge >= 0.3 is 0 Å². The number of hydrogen-bond acceptors (Lipinski definition) is 5. The average Bonchev–Trinajstić information content (AvgIpc) is 3.18. The summed E-state index contributed by atoms with van der Waals surface area (Å²) >= 11 is 0. The van der Waals surface area contributed by atoms with Gasteiger partial charge in [0.15, 0.2) is 0 Å². The lowest BCUT2D eigenvalue weighted by Gasteiger charge is -2.17. The molecular formula is C18H26N4O3S. The van der Waals surface area contributed by atoms with Crippen molar-refractivity contribution in [2.24, 2.45) is 5.92 Å². The van der Waals surface area contributed by atoms with Gasteiger partial charge in [-0.15, -0.1) is 0 Å². The van der Waals surface area contributed by atoms with Gasteiger partial charge in [-0.25, -0.2) is 13.1 Å². The number of nitrogens with zero attached hydrogens (tertiary/aromatic N) is 3. The summed E-state index contributed by atoms with van der Waals surface area (Å²) in [5.74, 6) is 0.195. The molecule has 8 heteroatoms. The predicted molar refractivity (Wildman–Crippen MR) is 98.9 cm³/mol. The molecule has 1 fully saturated rings. The second-order valence-corrected chi connectivity index (χ2v) is 8.96. The molecule has 1 aromatic heterocycles. The largest absolute Gasteiger partial charge is 0.391 e. The van der Waals surface area contributed by atoms with Gasteiger partial charge in [0.05, 0.1) is 11.0 Å². The molecule has 0 amide bonds. The van der Waals surface area contributed by atoms with Crippen LogP contribution in [0.15, 0.2) is 47.6 Å². The molecule has 0 aliphatic heterocycles. The lowest BCUT2D eigenvalue weighted by molar-refractivity contribution is 0.154. The summed E-state index contributed by atoms with van der Waals surface area (Å²) in [6.07, 6.45) is 4.07. The number of aliphatic hydroxyl groups excluding tert-OH is 1. The van der Waals surface area contributed by atoms with Crippen molar-refractivity contribution >= 4 is 10.0 Å². The molecule has 1 aliphatic rings. The zero-order valence-corrected chi connectivity index (χ0v) is 15.9. The molecule has 1 aliphatic carbocycles. The first-order chi connectivity index (χ1) is 12.3. The van der Waals surface area contributed by atoms with Crippen LogP contribution in [0.2, 0.25) is 0 Å². The minimum Gasteiger partial charge on any atom is -0.391 e. The molecule has 0 radical (unpaired) electrons. The molecule has 142 valence electrons. The maximum atomic E-state index is 12.6. The van der Waals surface area contributed by atoms with Gasteiger partial charge < -0.3 is 10.0 Å². The van der Waals surface area contributed by atoms with Crippen LogP contribution in [0.25, 0.3) is 0 Å². The highest BCUT2D eigenvalue weighted by Crippen LogP contribution is 2.28. The first kappa shape index (κ1) is 19.0. The van der Waals surface area contributed by atoms with E-state index in [0.717, 1.165) is 12.1 Å². The Morgan fingerprint density at radius 3 is 2.62 bits per heavy atom. The number of hydrogen-bond donors (Lipinski definition) is 2. The zero-order chi connectivity index (χ0) is 18.7. The maximum absolute atomic E-state index is 12.6. The van der Waals surface area contributed by atoms with Gasteiger partial charge in [0.1, 0.15) is 0 Å². The van der Waals surface area contributed by atoms with Crippen LogP contribution in [0.5, 0.6) is 0 Å². The number of nitrogens with one attached hydrogen (secondary N) is 1. The van der Waals surface area contributed by atoms with Gasteiger partial charge in [0.25, 0.3) is 0 Å². The van der Waals surface area contributed by atoms with E-state index < -0.39 is 22.2 Å². The average molecular weight is 378 g/mol. The summed E-state index contributed by atoms with van der Waals surface area (Å²) in [5.41, 5.74) is 1.05. The molecule has 1 aromatic carbocycles. The standard InChI is InChI=1S/C18H26N4O3S/c1-21(2)12-14-4-6-16(7-5-14)26(24,25)20-17-10-15(11-18(17)23)13-22-9-3-8-19-22/h3-9,15,17-18,20,23H,10-13H2,1-2H3/t15?,17-,18-/m1/s1. The number of rotatable bonds is 7. The van der Waals surface area contributed by atoms with Crippen LogP contribution in [0, 0.1) is 5.92 Å². The van der Waals surface area contributed by atoms with Crippen LogP contribution >= 0.6 is 0 Å². The summed E-state index contributed by atoms with van der Waals surface area (Å²) in [5, 5.41) is 14.5. The normalized spacial score (nSPS) is 23.6. The van der Waals surface area contributed by atoms with Crippen LogP contribution in [-0.4, -0.2) is 54.4 Å². The molecule has 0 spiro atoms. The van der Waals surface area contributed by atoms with E-state index in [1.807, 2.05) is 48.1 Å². The zero-order valence-electron chi connectivity index (χ0n) is 15.1. The van der Waals surface area contributed by atoms with E-state index in [1.165, 1.54) is 0 Å². The lowest BCUT2D eigenvalue weighted by Crippen LogP contribution is -2.39. The molecule has 3 atom stereocenters. The van der Waals surface area contributed by atoms with Crippen molar-refractivity contribution in [3.63, 3.8) is 0 Å². The molecule has 7 nitrogen and oxygen atoms in total. The summed E-state index contributed by atoms with van der Waals surface area (Å²) in [6, 6.07) is 8.25. The third-order valence-electron chi connectivity index (χ3n) is 4.67. The summed E-state index contributed by atoms with van der Waals surface area (Å²) in [7, 11) is 0.278. The molecule has 26 heavy (non-hydrogen) atoms. The molecule has 0 bridgehead atoms. The molecule has 1 saturated carbocycles. The lowest BCUT2D eigenvalue weighted by atomic mass is 10.1. The van der Waals surface area contributed by atoms with Gasteiger partial charge in [0, 0.05) is 31.5 Å². The van der Waals surface area contributed by atoms with E-state index in [-0.39, 0.29) is 10.8 Å². The highest BCUT2D eigenvalue weighted by Gasteiger charge is 2.36. The summed E-state index contributed by atoms with van der Waals surface area (Å²) in [6.45, 7) is 1.44. The van der Waals surface area contributed by atoms with Crippen LogP contribution in [-0.2, 0) is 23.1 Å². The van der Waals surface area contributed by atoms with Crippen molar-refractivity contribution in [2.45, 2.75) is 43.0 Å².